The van der Waals surface area contributed by atoms with Gasteiger partial charge < -0.3 is 10.2 Å². The molecule has 3 rings (SSSR count). The summed E-state index contributed by atoms with van der Waals surface area (Å²) in [4.78, 5) is 3.81. The molecule has 4 heteroatoms. The van der Waals surface area contributed by atoms with Crippen molar-refractivity contribution in [1.82, 2.24) is 5.32 Å². The molecule has 21 heavy (non-hydrogen) atoms. The highest BCUT2D eigenvalue weighted by atomic mass is 35.5. The molecule has 2 nitrogen and oxygen atoms in total. The molecule has 1 aliphatic heterocycles. The number of rotatable bonds is 5. The predicted octanol–water partition coefficient (Wildman–Crippen LogP) is 4.19. The van der Waals surface area contributed by atoms with Crippen LogP contribution in [0.2, 0.25) is 4.34 Å². The Labute approximate surface area is 135 Å². The van der Waals surface area contributed by atoms with Crippen LogP contribution in [0.3, 0.4) is 0 Å². The van der Waals surface area contributed by atoms with E-state index in [4.69, 9.17) is 11.6 Å². The van der Waals surface area contributed by atoms with Crippen molar-refractivity contribution < 1.29 is 0 Å². The third-order valence-electron chi connectivity index (χ3n) is 3.92. The fourth-order valence-electron chi connectivity index (χ4n) is 2.99. The molecule has 2 aromatic rings. The van der Waals surface area contributed by atoms with Crippen molar-refractivity contribution in [2.24, 2.45) is 5.92 Å². The number of benzene rings is 1. The SMILES string of the molecule is CC1Cc2ccccc2N(CCNCc2ccc(Cl)s2)C1. The second-order valence-electron chi connectivity index (χ2n) is 5.77. The Morgan fingerprint density at radius 1 is 1.29 bits per heavy atom. The fraction of sp³-hybridized carbons (Fsp3) is 0.412. The first kappa shape index (κ1) is 14.9. The van der Waals surface area contributed by atoms with Gasteiger partial charge in [0.05, 0.1) is 4.34 Å². The zero-order valence-electron chi connectivity index (χ0n) is 12.3. The molecule has 0 radical (unpaired) electrons. The highest BCUT2D eigenvalue weighted by molar-refractivity contribution is 7.16. The summed E-state index contributed by atoms with van der Waals surface area (Å²) in [6, 6.07) is 12.9. The molecule has 1 N–H and O–H groups in total. The van der Waals surface area contributed by atoms with Gasteiger partial charge in [-0.2, -0.15) is 0 Å². The standard InChI is InChI=1S/C17H21ClN2S/c1-13-10-14-4-2-3-5-16(14)20(12-13)9-8-19-11-15-6-7-17(18)21-15/h2-7,13,19H,8-12H2,1H3. The Kier molecular flexibility index (Phi) is 4.84. The van der Waals surface area contributed by atoms with Crippen LogP contribution in [0, 0.1) is 5.92 Å². The first-order valence-electron chi connectivity index (χ1n) is 7.50. The Morgan fingerprint density at radius 3 is 2.95 bits per heavy atom. The van der Waals surface area contributed by atoms with Gasteiger partial charge in [0.1, 0.15) is 0 Å². The van der Waals surface area contributed by atoms with Gasteiger partial charge in [0.2, 0.25) is 0 Å². The molecule has 0 saturated heterocycles. The molecule has 1 aromatic heterocycles. The summed E-state index contributed by atoms with van der Waals surface area (Å²) < 4.78 is 0.866. The molecule has 1 unspecified atom stereocenters. The van der Waals surface area contributed by atoms with Gasteiger partial charge in [-0.25, -0.2) is 0 Å². The van der Waals surface area contributed by atoms with Gasteiger partial charge in [-0.15, -0.1) is 11.3 Å². The van der Waals surface area contributed by atoms with Gasteiger partial charge in [-0.05, 0) is 36.1 Å². The maximum atomic E-state index is 5.95. The molecular weight excluding hydrogens is 300 g/mol. The molecular formula is C17H21ClN2S. The highest BCUT2D eigenvalue weighted by Crippen LogP contribution is 2.28. The predicted molar refractivity (Wildman–Crippen MR) is 92.6 cm³/mol. The number of thiophene rings is 1. The van der Waals surface area contributed by atoms with Crippen LogP contribution < -0.4 is 10.2 Å². The van der Waals surface area contributed by atoms with Crippen molar-refractivity contribution in [3.63, 3.8) is 0 Å². The Balaban J connectivity index is 1.53. The lowest BCUT2D eigenvalue weighted by molar-refractivity contribution is 0.523. The first-order valence-corrected chi connectivity index (χ1v) is 8.69. The topological polar surface area (TPSA) is 15.3 Å². The number of para-hydroxylation sites is 1. The second-order valence-corrected chi connectivity index (χ2v) is 7.57. The summed E-state index contributed by atoms with van der Waals surface area (Å²) in [6.45, 7) is 6.45. The third-order valence-corrected chi connectivity index (χ3v) is 5.15. The van der Waals surface area contributed by atoms with Crippen molar-refractivity contribution in [2.45, 2.75) is 19.9 Å². The van der Waals surface area contributed by atoms with Crippen LogP contribution in [0.5, 0.6) is 0 Å². The molecule has 0 saturated carbocycles. The summed E-state index contributed by atoms with van der Waals surface area (Å²) >= 11 is 7.60. The van der Waals surface area contributed by atoms with Crippen LogP contribution in [-0.2, 0) is 13.0 Å². The molecule has 0 amide bonds. The lowest BCUT2D eigenvalue weighted by Gasteiger charge is -2.35. The van der Waals surface area contributed by atoms with Gasteiger partial charge in [0.15, 0.2) is 0 Å². The molecule has 0 spiro atoms. The molecule has 2 heterocycles. The number of nitrogens with zero attached hydrogens (tertiary/aromatic N) is 1. The zero-order chi connectivity index (χ0) is 14.7. The van der Waals surface area contributed by atoms with E-state index in [1.165, 1.54) is 22.5 Å². The van der Waals surface area contributed by atoms with Crippen molar-refractivity contribution in [2.75, 3.05) is 24.5 Å². The summed E-state index contributed by atoms with van der Waals surface area (Å²) in [5.41, 5.74) is 2.90. The number of anilines is 1. The fourth-order valence-corrected chi connectivity index (χ4v) is 4.05. The van der Waals surface area contributed by atoms with E-state index in [0.29, 0.717) is 0 Å². The Bertz CT molecular complexity index is 596. The zero-order valence-corrected chi connectivity index (χ0v) is 13.9. The average molecular weight is 321 g/mol. The van der Waals surface area contributed by atoms with Gasteiger partial charge in [-0.3, -0.25) is 0 Å². The molecule has 1 atom stereocenters. The van der Waals surface area contributed by atoms with Crippen molar-refractivity contribution in [3.8, 4) is 0 Å². The van der Waals surface area contributed by atoms with Gasteiger partial charge in [0.25, 0.3) is 0 Å². The van der Waals surface area contributed by atoms with E-state index in [0.717, 1.165) is 36.4 Å². The summed E-state index contributed by atoms with van der Waals surface area (Å²) in [6.07, 6.45) is 1.20. The smallest absolute Gasteiger partial charge is 0.0931 e. The lowest BCUT2D eigenvalue weighted by Crippen LogP contribution is -2.38. The normalized spacial score (nSPS) is 17.8. The summed E-state index contributed by atoms with van der Waals surface area (Å²) in [7, 11) is 0. The van der Waals surface area contributed by atoms with Crippen LogP contribution in [0.1, 0.15) is 17.4 Å². The van der Waals surface area contributed by atoms with Gasteiger partial charge in [0, 0.05) is 36.7 Å². The van der Waals surface area contributed by atoms with Crippen molar-refractivity contribution in [3.05, 3.63) is 51.2 Å². The molecule has 0 bridgehead atoms. The minimum Gasteiger partial charge on any atom is -0.370 e. The largest absolute Gasteiger partial charge is 0.370 e. The van der Waals surface area contributed by atoms with E-state index < -0.39 is 0 Å². The number of halogens is 1. The van der Waals surface area contributed by atoms with Crippen LogP contribution in [0.25, 0.3) is 0 Å². The van der Waals surface area contributed by atoms with Gasteiger partial charge >= 0.3 is 0 Å². The highest BCUT2D eigenvalue weighted by Gasteiger charge is 2.20. The van der Waals surface area contributed by atoms with E-state index >= 15 is 0 Å². The molecule has 0 aliphatic carbocycles. The van der Waals surface area contributed by atoms with E-state index in [9.17, 15) is 0 Å². The van der Waals surface area contributed by atoms with E-state index in [1.54, 1.807) is 11.3 Å². The molecule has 1 aromatic carbocycles. The number of fused-ring (bicyclic) bond motifs is 1. The lowest BCUT2D eigenvalue weighted by atomic mass is 9.94. The van der Waals surface area contributed by atoms with Crippen LogP contribution >= 0.6 is 22.9 Å². The minimum absolute atomic E-state index is 0.732. The maximum Gasteiger partial charge on any atom is 0.0931 e. The number of hydrogen-bond donors (Lipinski definition) is 1. The van der Waals surface area contributed by atoms with Crippen molar-refractivity contribution in [1.29, 1.82) is 0 Å². The Hall–Kier alpha value is -1.03. The van der Waals surface area contributed by atoms with E-state index in [1.807, 2.05) is 6.07 Å². The molecule has 112 valence electrons. The van der Waals surface area contributed by atoms with E-state index in [2.05, 4.69) is 47.5 Å². The van der Waals surface area contributed by atoms with Crippen LogP contribution in [0.4, 0.5) is 5.69 Å². The van der Waals surface area contributed by atoms with Crippen LogP contribution in [0.15, 0.2) is 36.4 Å². The number of hydrogen-bond acceptors (Lipinski definition) is 3. The molecule has 0 fully saturated rings. The quantitative estimate of drug-likeness (QED) is 0.831. The van der Waals surface area contributed by atoms with Crippen LogP contribution in [-0.4, -0.2) is 19.6 Å². The summed E-state index contributed by atoms with van der Waals surface area (Å²) in [5, 5.41) is 3.52. The molecule has 1 aliphatic rings. The monoisotopic (exact) mass is 320 g/mol. The van der Waals surface area contributed by atoms with E-state index in [-0.39, 0.29) is 0 Å². The summed E-state index contributed by atoms with van der Waals surface area (Å²) in [5.74, 6) is 0.732. The van der Waals surface area contributed by atoms with Crippen molar-refractivity contribution >= 4 is 28.6 Å². The Morgan fingerprint density at radius 2 is 2.14 bits per heavy atom. The second kappa shape index (κ2) is 6.82. The maximum absolute atomic E-state index is 5.95. The average Bonchev–Trinajstić information content (AvgIpc) is 2.89. The van der Waals surface area contributed by atoms with Gasteiger partial charge in [-0.1, -0.05) is 36.7 Å². The third kappa shape index (κ3) is 3.79. The number of nitrogens with one attached hydrogen (secondary N) is 1. The minimum atomic E-state index is 0.732. The first-order chi connectivity index (χ1) is 10.2.